The van der Waals surface area contributed by atoms with E-state index in [1.165, 1.54) is 26.2 Å². The van der Waals surface area contributed by atoms with Gasteiger partial charge in [0.2, 0.25) is 5.78 Å². The maximum Gasteiger partial charge on any atom is 0.342 e. The predicted octanol–water partition coefficient (Wildman–Crippen LogP) is 2.86. The maximum absolute atomic E-state index is 12.6. The quantitative estimate of drug-likeness (QED) is 0.628. The minimum absolute atomic E-state index is 0.0145. The predicted molar refractivity (Wildman–Crippen MR) is 93.7 cm³/mol. The Labute approximate surface area is 150 Å². The van der Waals surface area contributed by atoms with Crippen LogP contribution < -0.4 is 0 Å². The number of Topliss-reactive ketones (excluding diaryl/α,β-unsaturated/α-hetero) is 1. The summed E-state index contributed by atoms with van der Waals surface area (Å²) < 4.78 is 9.91. The van der Waals surface area contributed by atoms with Crippen LogP contribution in [-0.2, 0) is 9.47 Å². The van der Waals surface area contributed by atoms with Gasteiger partial charge in [-0.3, -0.25) is 4.79 Å². The van der Waals surface area contributed by atoms with Gasteiger partial charge in [0.05, 0.1) is 18.4 Å². The first-order valence-corrected chi connectivity index (χ1v) is 7.99. The molecule has 2 rings (SSSR count). The molecule has 0 aliphatic rings. The first-order chi connectivity index (χ1) is 12.2. The third-order valence-electron chi connectivity index (χ3n) is 4.10. The number of aryl methyl sites for hydroxylation is 2. The molecule has 7 nitrogen and oxygen atoms in total. The highest BCUT2D eigenvalue weighted by Gasteiger charge is 2.28. The summed E-state index contributed by atoms with van der Waals surface area (Å²) in [4.78, 5) is 39.6. The van der Waals surface area contributed by atoms with Crippen molar-refractivity contribution in [2.75, 3.05) is 7.11 Å². The van der Waals surface area contributed by atoms with Crippen LogP contribution in [0.5, 0.6) is 5.75 Å². The molecule has 0 aliphatic heterocycles. The Bertz CT molecular complexity index is 880. The summed E-state index contributed by atoms with van der Waals surface area (Å²) in [6.45, 7) is 6.46. The molecule has 0 bridgehead atoms. The number of aromatic amines is 1. The third-order valence-corrected chi connectivity index (χ3v) is 4.10. The minimum atomic E-state index is -1.11. The maximum atomic E-state index is 12.6. The Kier molecular flexibility index (Phi) is 5.50. The van der Waals surface area contributed by atoms with Gasteiger partial charge >= 0.3 is 11.9 Å². The van der Waals surface area contributed by atoms with E-state index in [4.69, 9.17) is 9.47 Å². The van der Waals surface area contributed by atoms with Crippen molar-refractivity contribution < 1.29 is 29.0 Å². The summed E-state index contributed by atoms with van der Waals surface area (Å²) in [5.41, 5.74) is 2.14. The molecule has 0 spiro atoms. The van der Waals surface area contributed by atoms with Crippen molar-refractivity contribution in [3.8, 4) is 5.75 Å². The lowest BCUT2D eigenvalue weighted by atomic mass is 10.1. The van der Waals surface area contributed by atoms with Crippen LogP contribution in [-0.4, -0.2) is 41.0 Å². The number of carbonyl (C=O) groups excluding carboxylic acids is 3. The van der Waals surface area contributed by atoms with Crippen LogP contribution in [0.25, 0.3) is 0 Å². The highest BCUT2D eigenvalue weighted by Crippen LogP contribution is 2.23. The third kappa shape index (κ3) is 3.61. The second-order valence-corrected chi connectivity index (χ2v) is 6.05. The number of aromatic nitrogens is 1. The first kappa shape index (κ1) is 19.2. The number of esters is 2. The topological polar surface area (TPSA) is 106 Å². The number of rotatable bonds is 5. The summed E-state index contributed by atoms with van der Waals surface area (Å²) in [7, 11) is 1.26. The van der Waals surface area contributed by atoms with Crippen molar-refractivity contribution >= 4 is 17.7 Å². The second-order valence-electron chi connectivity index (χ2n) is 6.05. The summed E-state index contributed by atoms with van der Waals surface area (Å²) in [6.07, 6.45) is -1.11. The number of H-pyrrole nitrogens is 1. The molecule has 0 unspecified atom stereocenters. The lowest BCUT2D eigenvalue weighted by Gasteiger charge is -2.13. The van der Waals surface area contributed by atoms with E-state index in [2.05, 4.69) is 4.98 Å². The zero-order chi connectivity index (χ0) is 19.6. The normalized spacial score (nSPS) is 11.7. The lowest BCUT2D eigenvalue weighted by Crippen LogP contribution is -2.25. The molecule has 1 atom stereocenters. The molecule has 0 saturated heterocycles. The molecule has 0 fully saturated rings. The Hall–Kier alpha value is -3.09. The van der Waals surface area contributed by atoms with E-state index in [0.717, 1.165) is 5.56 Å². The van der Waals surface area contributed by atoms with Crippen LogP contribution in [0.4, 0.5) is 0 Å². The van der Waals surface area contributed by atoms with Gasteiger partial charge in [-0.25, -0.2) is 9.59 Å². The van der Waals surface area contributed by atoms with Crippen molar-refractivity contribution in [3.05, 3.63) is 51.8 Å². The average molecular weight is 359 g/mol. The number of ether oxygens (including phenoxy) is 2. The van der Waals surface area contributed by atoms with Crippen LogP contribution in [0, 0.1) is 20.8 Å². The van der Waals surface area contributed by atoms with Gasteiger partial charge in [-0.15, -0.1) is 0 Å². The van der Waals surface area contributed by atoms with Gasteiger partial charge in [0.25, 0.3) is 0 Å². The number of benzene rings is 1. The van der Waals surface area contributed by atoms with Gasteiger partial charge in [0.15, 0.2) is 6.10 Å². The zero-order valence-corrected chi connectivity index (χ0v) is 15.3. The minimum Gasteiger partial charge on any atom is -0.507 e. The van der Waals surface area contributed by atoms with E-state index in [9.17, 15) is 19.5 Å². The van der Waals surface area contributed by atoms with Crippen LogP contribution in [0.2, 0.25) is 0 Å². The van der Waals surface area contributed by atoms with Gasteiger partial charge in [0.1, 0.15) is 11.3 Å². The van der Waals surface area contributed by atoms with E-state index < -0.39 is 23.8 Å². The number of nitrogens with one attached hydrogen (secondary N) is 1. The van der Waals surface area contributed by atoms with Crippen molar-refractivity contribution in [2.24, 2.45) is 0 Å². The Morgan fingerprint density at radius 2 is 1.77 bits per heavy atom. The highest BCUT2D eigenvalue weighted by molar-refractivity contribution is 6.04. The fourth-order valence-corrected chi connectivity index (χ4v) is 2.70. The van der Waals surface area contributed by atoms with E-state index in [-0.39, 0.29) is 22.6 Å². The van der Waals surface area contributed by atoms with Gasteiger partial charge in [-0.05, 0) is 45.4 Å². The second kappa shape index (κ2) is 7.43. The van der Waals surface area contributed by atoms with Gasteiger partial charge in [-0.2, -0.15) is 0 Å². The number of methoxy groups -OCH3 is 1. The fourth-order valence-electron chi connectivity index (χ4n) is 2.70. The molecule has 0 amide bonds. The Balaban J connectivity index is 2.24. The monoisotopic (exact) mass is 359 g/mol. The SMILES string of the molecule is COC(=O)c1c(C)[nH]c(C(=O)[C@H](C)OC(=O)c2cc(C)ccc2O)c1C. The smallest absolute Gasteiger partial charge is 0.342 e. The number of carbonyl (C=O) groups is 3. The molecule has 2 aromatic rings. The number of hydrogen-bond donors (Lipinski definition) is 2. The van der Waals surface area contributed by atoms with Crippen molar-refractivity contribution in [2.45, 2.75) is 33.8 Å². The molecular formula is C19H21NO6. The van der Waals surface area contributed by atoms with Crippen molar-refractivity contribution in [3.63, 3.8) is 0 Å². The number of hydrogen-bond acceptors (Lipinski definition) is 6. The van der Waals surface area contributed by atoms with Crippen molar-refractivity contribution in [1.29, 1.82) is 0 Å². The summed E-state index contributed by atoms with van der Waals surface area (Å²) in [6, 6.07) is 4.52. The molecule has 1 heterocycles. The highest BCUT2D eigenvalue weighted by atomic mass is 16.5. The van der Waals surface area contributed by atoms with E-state index in [1.807, 2.05) is 0 Å². The number of ketones is 1. The largest absolute Gasteiger partial charge is 0.507 e. The Morgan fingerprint density at radius 1 is 1.12 bits per heavy atom. The van der Waals surface area contributed by atoms with Crippen LogP contribution in [0.1, 0.15) is 54.9 Å². The lowest BCUT2D eigenvalue weighted by molar-refractivity contribution is 0.0314. The zero-order valence-electron chi connectivity index (χ0n) is 15.3. The molecular weight excluding hydrogens is 338 g/mol. The van der Waals surface area contributed by atoms with E-state index in [1.54, 1.807) is 26.8 Å². The average Bonchev–Trinajstić information content (AvgIpc) is 2.89. The number of phenols is 1. The molecule has 7 heteroatoms. The first-order valence-electron chi connectivity index (χ1n) is 7.99. The van der Waals surface area contributed by atoms with Gasteiger partial charge < -0.3 is 19.6 Å². The van der Waals surface area contributed by atoms with Crippen LogP contribution >= 0.6 is 0 Å². The fraction of sp³-hybridized carbons (Fsp3) is 0.316. The van der Waals surface area contributed by atoms with Crippen molar-refractivity contribution in [1.82, 2.24) is 4.98 Å². The molecule has 1 aromatic carbocycles. The summed E-state index contributed by atoms with van der Waals surface area (Å²) in [5.74, 6) is -2.06. The van der Waals surface area contributed by atoms with E-state index >= 15 is 0 Å². The summed E-state index contributed by atoms with van der Waals surface area (Å²) in [5, 5.41) is 9.80. The van der Waals surface area contributed by atoms with Gasteiger partial charge in [0, 0.05) is 5.69 Å². The van der Waals surface area contributed by atoms with Crippen LogP contribution in [0.15, 0.2) is 18.2 Å². The molecule has 0 radical (unpaired) electrons. The molecule has 0 aliphatic carbocycles. The number of phenolic OH excluding ortho intramolecular Hbond substituents is 1. The molecule has 26 heavy (non-hydrogen) atoms. The molecule has 2 N–H and O–H groups in total. The Morgan fingerprint density at radius 3 is 2.38 bits per heavy atom. The van der Waals surface area contributed by atoms with Gasteiger partial charge in [-0.1, -0.05) is 11.6 Å². The van der Waals surface area contributed by atoms with E-state index in [0.29, 0.717) is 11.3 Å². The number of aromatic hydroxyl groups is 1. The standard InChI is InChI=1S/C19H21NO6/c1-9-6-7-14(21)13(8-9)18(23)26-12(4)17(22)16-10(2)15(11(3)20-16)19(24)25-5/h6-8,12,20-21H,1-5H3/t12-/m0/s1. The summed E-state index contributed by atoms with van der Waals surface area (Å²) >= 11 is 0. The van der Waals surface area contributed by atoms with Crippen LogP contribution in [0.3, 0.4) is 0 Å². The molecule has 0 saturated carbocycles. The molecule has 138 valence electrons. The molecule has 1 aromatic heterocycles.